The molecule has 0 saturated carbocycles. The largest absolute Gasteiger partial charge is 0.339 e. The Morgan fingerprint density at radius 1 is 1.40 bits per heavy atom. The Labute approximate surface area is 130 Å². The number of piperidine rings is 1. The Balaban J connectivity index is 2.05. The van der Waals surface area contributed by atoms with Gasteiger partial charge in [-0.15, -0.1) is 0 Å². The van der Waals surface area contributed by atoms with Crippen LogP contribution in [0, 0.1) is 6.92 Å². The highest BCUT2D eigenvalue weighted by Gasteiger charge is 2.26. The van der Waals surface area contributed by atoms with Gasteiger partial charge in [0.15, 0.2) is 0 Å². The third kappa shape index (κ3) is 3.41. The van der Waals surface area contributed by atoms with E-state index < -0.39 is 0 Å². The minimum absolute atomic E-state index is 0.117. The standard InChI is InChI=1S/C16H23BrN2O/c1-4-19-9-7-13(8-10-19)18(3)16(20)14-6-5-12(2)11-15(14)17/h5-6,11,13H,4,7-10H2,1-3H3. The van der Waals surface area contributed by atoms with Crippen LogP contribution in [0.1, 0.15) is 35.7 Å². The molecule has 1 aromatic carbocycles. The molecule has 0 bridgehead atoms. The van der Waals surface area contributed by atoms with E-state index in [4.69, 9.17) is 0 Å². The first-order valence-corrected chi connectivity index (χ1v) is 8.08. The van der Waals surface area contributed by atoms with Gasteiger partial charge in [0.25, 0.3) is 5.91 Å². The van der Waals surface area contributed by atoms with Crippen LogP contribution in [0.3, 0.4) is 0 Å². The molecule has 3 nitrogen and oxygen atoms in total. The van der Waals surface area contributed by atoms with Crippen LogP contribution in [-0.4, -0.2) is 48.4 Å². The van der Waals surface area contributed by atoms with Crippen LogP contribution in [0.4, 0.5) is 0 Å². The fraction of sp³-hybridized carbons (Fsp3) is 0.562. The van der Waals surface area contributed by atoms with Crippen molar-refractivity contribution in [2.75, 3.05) is 26.7 Å². The summed E-state index contributed by atoms with van der Waals surface area (Å²) in [6.45, 7) is 7.51. The van der Waals surface area contributed by atoms with Crippen LogP contribution in [0.2, 0.25) is 0 Å². The molecule has 1 aromatic rings. The number of amides is 1. The van der Waals surface area contributed by atoms with Gasteiger partial charge in [0.05, 0.1) is 5.56 Å². The molecule has 110 valence electrons. The lowest BCUT2D eigenvalue weighted by Crippen LogP contribution is -2.45. The van der Waals surface area contributed by atoms with Gasteiger partial charge < -0.3 is 9.80 Å². The van der Waals surface area contributed by atoms with E-state index in [1.807, 2.05) is 37.1 Å². The third-order valence-corrected chi connectivity index (χ3v) is 4.88. The Hall–Kier alpha value is -0.870. The molecular formula is C16H23BrN2O. The summed E-state index contributed by atoms with van der Waals surface area (Å²) in [4.78, 5) is 17.0. The van der Waals surface area contributed by atoms with Gasteiger partial charge in [-0.05, 0) is 59.9 Å². The zero-order valence-electron chi connectivity index (χ0n) is 12.5. The summed E-state index contributed by atoms with van der Waals surface area (Å²) in [5.74, 6) is 0.117. The zero-order chi connectivity index (χ0) is 14.7. The number of rotatable bonds is 3. The van der Waals surface area contributed by atoms with Crippen LogP contribution in [0.25, 0.3) is 0 Å². The van der Waals surface area contributed by atoms with Crippen molar-refractivity contribution in [3.63, 3.8) is 0 Å². The van der Waals surface area contributed by atoms with Gasteiger partial charge in [0.2, 0.25) is 0 Å². The molecule has 20 heavy (non-hydrogen) atoms. The van der Waals surface area contributed by atoms with Gasteiger partial charge in [-0.1, -0.05) is 13.0 Å². The monoisotopic (exact) mass is 338 g/mol. The lowest BCUT2D eigenvalue weighted by atomic mass is 10.0. The quantitative estimate of drug-likeness (QED) is 0.844. The van der Waals surface area contributed by atoms with E-state index in [1.54, 1.807) is 0 Å². The fourth-order valence-electron chi connectivity index (χ4n) is 2.77. The predicted molar refractivity (Wildman–Crippen MR) is 86.1 cm³/mol. The molecule has 0 spiro atoms. The lowest BCUT2D eigenvalue weighted by Gasteiger charge is -2.36. The van der Waals surface area contributed by atoms with E-state index in [2.05, 4.69) is 27.8 Å². The number of carbonyl (C=O) groups excluding carboxylic acids is 1. The molecule has 1 heterocycles. The molecule has 4 heteroatoms. The van der Waals surface area contributed by atoms with E-state index in [1.165, 1.54) is 0 Å². The first-order valence-electron chi connectivity index (χ1n) is 7.28. The first-order chi connectivity index (χ1) is 9.52. The van der Waals surface area contributed by atoms with E-state index >= 15 is 0 Å². The van der Waals surface area contributed by atoms with E-state index in [9.17, 15) is 4.79 Å². The van der Waals surface area contributed by atoms with E-state index in [-0.39, 0.29) is 5.91 Å². The molecule has 0 aliphatic carbocycles. The number of carbonyl (C=O) groups is 1. The number of nitrogens with zero attached hydrogens (tertiary/aromatic N) is 2. The van der Waals surface area contributed by atoms with E-state index in [0.29, 0.717) is 6.04 Å². The number of hydrogen-bond acceptors (Lipinski definition) is 2. The van der Waals surface area contributed by atoms with Crippen molar-refractivity contribution in [1.82, 2.24) is 9.80 Å². The average Bonchev–Trinajstić information content (AvgIpc) is 2.46. The Bertz CT molecular complexity index is 481. The molecule has 0 unspecified atom stereocenters. The number of likely N-dealkylation sites (tertiary alicyclic amines) is 1. The smallest absolute Gasteiger partial charge is 0.254 e. The van der Waals surface area contributed by atoms with Crippen molar-refractivity contribution >= 4 is 21.8 Å². The molecule has 1 aliphatic rings. The van der Waals surface area contributed by atoms with Gasteiger partial charge in [-0.3, -0.25) is 4.79 Å². The van der Waals surface area contributed by atoms with Crippen LogP contribution >= 0.6 is 15.9 Å². The second-order valence-electron chi connectivity index (χ2n) is 5.56. The van der Waals surface area contributed by atoms with E-state index in [0.717, 1.165) is 48.1 Å². The van der Waals surface area contributed by atoms with Gasteiger partial charge in [-0.25, -0.2) is 0 Å². The summed E-state index contributed by atoms with van der Waals surface area (Å²) < 4.78 is 0.889. The molecule has 0 atom stereocenters. The molecule has 0 aromatic heterocycles. The molecule has 1 aliphatic heterocycles. The third-order valence-electron chi connectivity index (χ3n) is 4.23. The highest BCUT2D eigenvalue weighted by molar-refractivity contribution is 9.10. The first kappa shape index (κ1) is 15.5. The molecule has 1 amide bonds. The predicted octanol–water partition coefficient (Wildman–Crippen LogP) is 3.31. The number of aryl methyl sites for hydroxylation is 1. The molecule has 0 radical (unpaired) electrons. The summed E-state index contributed by atoms with van der Waals surface area (Å²) in [5.41, 5.74) is 1.92. The normalized spacial score (nSPS) is 17.2. The van der Waals surface area contributed by atoms with Gasteiger partial charge >= 0.3 is 0 Å². The van der Waals surface area contributed by atoms with Crippen molar-refractivity contribution in [3.8, 4) is 0 Å². The fourth-order valence-corrected chi connectivity index (χ4v) is 3.44. The molecular weight excluding hydrogens is 316 g/mol. The topological polar surface area (TPSA) is 23.6 Å². The average molecular weight is 339 g/mol. The molecule has 2 rings (SSSR count). The van der Waals surface area contributed by atoms with Gasteiger partial charge in [0.1, 0.15) is 0 Å². The van der Waals surface area contributed by atoms with Crippen LogP contribution in [0.5, 0.6) is 0 Å². The maximum Gasteiger partial charge on any atom is 0.254 e. The van der Waals surface area contributed by atoms with Crippen molar-refractivity contribution in [2.45, 2.75) is 32.7 Å². The Morgan fingerprint density at radius 3 is 2.60 bits per heavy atom. The number of hydrogen-bond donors (Lipinski definition) is 0. The minimum atomic E-state index is 0.117. The Kier molecular flexibility index (Phi) is 5.22. The molecule has 0 N–H and O–H groups in total. The maximum atomic E-state index is 12.6. The second kappa shape index (κ2) is 6.72. The zero-order valence-corrected chi connectivity index (χ0v) is 14.1. The molecule has 1 saturated heterocycles. The summed E-state index contributed by atoms with van der Waals surface area (Å²) in [5, 5.41) is 0. The van der Waals surface area contributed by atoms with Crippen LogP contribution in [-0.2, 0) is 0 Å². The summed E-state index contributed by atoms with van der Waals surface area (Å²) in [6, 6.07) is 6.27. The maximum absolute atomic E-state index is 12.6. The van der Waals surface area contributed by atoms with Crippen molar-refractivity contribution in [3.05, 3.63) is 33.8 Å². The summed E-state index contributed by atoms with van der Waals surface area (Å²) in [7, 11) is 1.93. The Morgan fingerprint density at radius 2 is 2.05 bits per heavy atom. The highest BCUT2D eigenvalue weighted by Crippen LogP contribution is 2.23. The van der Waals surface area contributed by atoms with Crippen molar-refractivity contribution in [1.29, 1.82) is 0 Å². The SMILES string of the molecule is CCN1CCC(N(C)C(=O)c2ccc(C)cc2Br)CC1. The number of benzene rings is 1. The van der Waals surface area contributed by atoms with Crippen molar-refractivity contribution < 1.29 is 4.79 Å². The lowest BCUT2D eigenvalue weighted by molar-refractivity contribution is 0.0646. The highest BCUT2D eigenvalue weighted by atomic mass is 79.9. The van der Waals surface area contributed by atoms with Crippen molar-refractivity contribution in [2.24, 2.45) is 0 Å². The molecule has 1 fully saturated rings. The second-order valence-corrected chi connectivity index (χ2v) is 6.42. The minimum Gasteiger partial charge on any atom is -0.339 e. The summed E-state index contributed by atoms with van der Waals surface area (Å²) >= 11 is 3.51. The van der Waals surface area contributed by atoms with Crippen LogP contribution in [0.15, 0.2) is 22.7 Å². The summed E-state index contributed by atoms with van der Waals surface area (Å²) in [6.07, 6.45) is 2.14. The van der Waals surface area contributed by atoms with Gasteiger partial charge in [-0.2, -0.15) is 0 Å². The van der Waals surface area contributed by atoms with Crippen LogP contribution < -0.4 is 0 Å². The van der Waals surface area contributed by atoms with Gasteiger partial charge in [0, 0.05) is 30.7 Å². The number of halogens is 1.